The van der Waals surface area contributed by atoms with Gasteiger partial charge in [-0.05, 0) is 12.8 Å². The maximum Gasteiger partial charge on any atom is 0.0940 e. The summed E-state index contributed by atoms with van der Waals surface area (Å²) in [5, 5.41) is 7.86. The van der Waals surface area contributed by atoms with E-state index >= 15 is 0 Å². The van der Waals surface area contributed by atoms with E-state index in [2.05, 4.69) is 4.89 Å². The Morgan fingerprint density at radius 3 is 2.44 bits per heavy atom. The van der Waals surface area contributed by atoms with E-state index in [-0.39, 0.29) is 6.73 Å². The van der Waals surface area contributed by atoms with Crippen molar-refractivity contribution >= 4 is 0 Å². The molecular weight excluding hydrogens is 122 g/mol. The highest BCUT2D eigenvalue weighted by Crippen LogP contribution is 1.88. The minimum absolute atomic E-state index is 0.264. The van der Waals surface area contributed by atoms with E-state index in [1.807, 2.05) is 0 Å². The molecule has 0 saturated carbocycles. The fraction of sp³-hybridized carbons (Fsp3) is 1.00. The number of hydrogen-bond donors (Lipinski definition) is 2. The fourth-order valence-electron chi connectivity index (χ4n) is 0.454. The van der Waals surface area contributed by atoms with E-state index in [9.17, 15) is 0 Å². The molecule has 4 heteroatoms. The van der Waals surface area contributed by atoms with Crippen LogP contribution in [-0.2, 0) is 9.62 Å². The summed E-state index contributed by atoms with van der Waals surface area (Å²) >= 11 is 0. The molecule has 56 valence electrons. The predicted molar refractivity (Wildman–Crippen MR) is 32.8 cm³/mol. The van der Waals surface area contributed by atoms with E-state index in [1.54, 1.807) is 0 Å². The second kappa shape index (κ2) is 7.84. The second-order valence-corrected chi connectivity index (χ2v) is 1.62. The first-order valence-corrected chi connectivity index (χ1v) is 2.96. The Morgan fingerprint density at radius 1 is 1.22 bits per heavy atom. The van der Waals surface area contributed by atoms with Gasteiger partial charge in [0.2, 0.25) is 0 Å². The van der Waals surface area contributed by atoms with Crippen molar-refractivity contribution in [3.63, 3.8) is 0 Å². The Bertz CT molecular complexity index is 45.5. The maximum absolute atomic E-state index is 7.86. The summed E-state index contributed by atoms with van der Waals surface area (Å²) in [5.41, 5.74) is 5.04. The minimum atomic E-state index is 0.264. The molecule has 0 amide bonds. The first-order valence-electron chi connectivity index (χ1n) is 2.96. The fourth-order valence-corrected chi connectivity index (χ4v) is 0.454. The van der Waals surface area contributed by atoms with E-state index in [0.29, 0.717) is 13.2 Å². The molecule has 0 unspecified atom stereocenters. The number of rotatable bonds is 6. The molecule has 0 saturated heterocycles. The van der Waals surface area contributed by atoms with Gasteiger partial charge < -0.3 is 10.5 Å². The summed E-state index contributed by atoms with van der Waals surface area (Å²) in [6, 6.07) is 0. The average molecular weight is 135 g/mol. The molecule has 0 bridgehead atoms. The Balaban J connectivity index is 2.60. The zero-order chi connectivity index (χ0) is 6.95. The van der Waals surface area contributed by atoms with Gasteiger partial charge in [0.25, 0.3) is 0 Å². The number of unbranched alkanes of at least 4 members (excludes halogenated alkanes) is 1. The quantitative estimate of drug-likeness (QED) is 0.236. The molecule has 0 heterocycles. The molecule has 0 aromatic carbocycles. The lowest BCUT2D eigenvalue weighted by molar-refractivity contribution is -0.243. The molecule has 0 aromatic rings. The molecular formula is C5H13NO3. The molecule has 3 N–H and O–H groups in total. The summed E-state index contributed by atoms with van der Waals surface area (Å²) in [6.45, 7) is 1.27. The molecule has 0 fully saturated rings. The van der Waals surface area contributed by atoms with Gasteiger partial charge in [0.15, 0.2) is 0 Å². The molecule has 9 heavy (non-hydrogen) atoms. The first-order chi connectivity index (χ1) is 4.41. The Labute approximate surface area is 54.5 Å². The monoisotopic (exact) mass is 135 g/mol. The molecule has 0 radical (unpaired) electrons. The van der Waals surface area contributed by atoms with Crippen molar-refractivity contribution in [3.05, 3.63) is 0 Å². The van der Waals surface area contributed by atoms with Crippen molar-refractivity contribution in [2.45, 2.75) is 12.8 Å². The van der Waals surface area contributed by atoms with E-state index < -0.39 is 0 Å². The second-order valence-electron chi connectivity index (χ2n) is 1.62. The summed E-state index contributed by atoms with van der Waals surface area (Å²) in [7, 11) is 0. The highest BCUT2D eigenvalue weighted by atomic mass is 17.1. The van der Waals surface area contributed by atoms with Gasteiger partial charge in [-0.1, -0.05) is 0 Å². The zero-order valence-corrected chi connectivity index (χ0v) is 5.38. The third-order valence-corrected chi connectivity index (χ3v) is 0.892. The van der Waals surface area contributed by atoms with Crippen LogP contribution in [0, 0.1) is 0 Å². The van der Waals surface area contributed by atoms with Gasteiger partial charge in [0, 0.05) is 6.61 Å². The third-order valence-electron chi connectivity index (χ3n) is 0.892. The van der Waals surface area contributed by atoms with E-state index in [4.69, 9.17) is 15.7 Å². The van der Waals surface area contributed by atoms with Crippen LogP contribution in [0.5, 0.6) is 0 Å². The van der Waals surface area contributed by atoms with Crippen molar-refractivity contribution in [2.24, 2.45) is 5.73 Å². The molecule has 0 aliphatic rings. The molecule has 0 rings (SSSR count). The topological polar surface area (TPSA) is 64.7 Å². The van der Waals surface area contributed by atoms with Gasteiger partial charge in [0.1, 0.15) is 0 Å². The van der Waals surface area contributed by atoms with Crippen molar-refractivity contribution in [1.29, 1.82) is 0 Å². The van der Waals surface area contributed by atoms with Crippen molar-refractivity contribution in [1.82, 2.24) is 0 Å². The van der Waals surface area contributed by atoms with Crippen LogP contribution in [0.2, 0.25) is 0 Å². The average Bonchev–Trinajstić information content (AvgIpc) is 1.89. The van der Waals surface area contributed by atoms with E-state index in [0.717, 1.165) is 12.8 Å². The van der Waals surface area contributed by atoms with E-state index in [1.165, 1.54) is 0 Å². The van der Waals surface area contributed by atoms with Crippen LogP contribution in [0.3, 0.4) is 0 Å². The summed E-state index contributed by atoms with van der Waals surface area (Å²) < 4.78 is 4.82. The van der Waals surface area contributed by atoms with Gasteiger partial charge in [-0.15, -0.1) is 0 Å². The van der Waals surface area contributed by atoms with Gasteiger partial charge in [-0.25, -0.2) is 4.89 Å². The van der Waals surface area contributed by atoms with Gasteiger partial charge in [-0.3, -0.25) is 5.26 Å². The molecule has 0 aromatic heterocycles. The smallest absolute Gasteiger partial charge is 0.0940 e. The van der Waals surface area contributed by atoms with Crippen LogP contribution in [0.4, 0.5) is 0 Å². The first kappa shape index (κ1) is 8.84. The zero-order valence-electron chi connectivity index (χ0n) is 5.38. The molecule has 0 atom stereocenters. The van der Waals surface area contributed by atoms with Crippen LogP contribution in [0.1, 0.15) is 12.8 Å². The van der Waals surface area contributed by atoms with Crippen molar-refractivity contribution in [3.8, 4) is 0 Å². The normalized spacial score (nSPS) is 10.0. The Hall–Kier alpha value is -0.160. The molecule has 0 aliphatic carbocycles. The standard InChI is InChI=1S/C5H13NO3/c6-5-8-3-1-2-4-9-7/h7H,1-6H2. The predicted octanol–water partition coefficient (Wildman–Crippen LogP) is 0.189. The third kappa shape index (κ3) is 7.84. The molecule has 0 aliphatic heterocycles. The number of ether oxygens (including phenoxy) is 1. The van der Waals surface area contributed by atoms with Crippen LogP contribution < -0.4 is 5.73 Å². The SMILES string of the molecule is NCOCCCCOO. The van der Waals surface area contributed by atoms with Crippen LogP contribution >= 0.6 is 0 Å². The Morgan fingerprint density at radius 2 is 1.89 bits per heavy atom. The van der Waals surface area contributed by atoms with Crippen LogP contribution in [-0.4, -0.2) is 25.2 Å². The lowest BCUT2D eigenvalue weighted by Gasteiger charge is -1.98. The maximum atomic E-state index is 7.86. The Kier molecular flexibility index (Phi) is 7.70. The van der Waals surface area contributed by atoms with Crippen molar-refractivity contribution < 1.29 is 14.9 Å². The lowest BCUT2D eigenvalue weighted by atomic mass is 10.3. The molecule has 0 spiro atoms. The van der Waals surface area contributed by atoms with Crippen LogP contribution in [0.25, 0.3) is 0 Å². The van der Waals surface area contributed by atoms with Gasteiger partial charge >= 0.3 is 0 Å². The summed E-state index contributed by atoms with van der Waals surface area (Å²) in [6.07, 6.45) is 1.67. The van der Waals surface area contributed by atoms with Gasteiger partial charge in [-0.2, -0.15) is 0 Å². The molecule has 4 nitrogen and oxygen atoms in total. The highest BCUT2D eigenvalue weighted by molar-refractivity contribution is 4.34. The summed E-state index contributed by atoms with van der Waals surface area (Å²) in [4.78, 5) is 3.84. The highest BCUT2D eigenvalue weighted by Gasteiger charge is 1.86. The van der Waals surface area contributed by atoms with Crippen molar-refractivity contribution in [2.75, 3.05) is 19.9 Å². The minimum Gasteiger partial charge on any atom is -0.367 e. The number of nitrogens with two attached hydrogens (primary N) is 1. The lowest BCUT2D eigenvalue weighted by Crippen LogP contribution is -2.06. The number of hydrogen-bond acceptors (Lipinski definition) is 4. The van der Waals surface area contributed by atoms with Gasteiger partial charge in [0.05, 0.1) is 13.3 Å². The van der Waals surface area contributed by atoms with Crippen LogP contribution in [0.15, 0.2) is 0 Å². The largest absolute Gasteiger partial charge is 0.367 e. The summed E-state index contributed by atoms with van der Waals surface area (Å²) in [5.74, 6) is 0.